The maximum absolute atomic E-state index is 12.8. The molecular formula is C23H26N2O5S. The highest BCUT2D eigenvalue weighted by molar-refractivity contribution is 7.90. The first-order chi connectivity index (χ1) is 14.8. The van der Waals surface area contributed by atoms with Crippen LogP contribution in [-0.4, -0.2) is 45.4 Å². The molecule has 7 nitrogen and oxygen atoms in total. The molecule has 1 N–H and O–H groups in total. The Hall–Kier alpha value is -2.87. The first kappa shape index (κ1) is 21.4. The smallest absolute Gasteiger partial charge is 0.229 e. The zero-order valence-corrected chi connectivity index (χ0v) is 18.3. The van der Waals surface area contributed by atoms with Gasteiger partial charge in [-0.3, -0.25) is 9.59 Å². The molecule has 1 saturated heterocycles. The summed E-state index contributed by atoms with van der Waals surface area (Å²) in [6.07, 6.45) is 4.60. The minimum Gasteiger partial charge on any atom is -0.492 e. The van der Waals surface area contributed by atoms with Crippen molar-refractivity contribution in [1.82, 2.24) is 0 Å². The molecule has 0 radical (unpaired) electrons. The van der Waals surface area contributed by atoms with Gasteiger partial charge in [0.05, 0.1) is 11.7 Å². The molecule has 2 aromatic rings. The third-order valence-corrected chi connectivity index (χ3v) is 6.62. The number of fused-ring (bicyclic) bond motifs is 1. The fourth-order valence-corrected chi connectivity index (χ4v) is 4.46. The number of hydrogen-bond donors (Lipinski definition) is 1. The van der Waals surface area contributed by atoms with Gasteiger partial charge in [-0.25, -0.2) is 8.42 Å². The molecule has 2 aromatic carbocycles. The number of sulfone groups is 1. The van der Waals surface area contributed by atoms with E-state index in [1.54, 1.807) is 29.2 Å². The normalized spacial score (nSPS) is 18.2. The average molecular weight is 443 g/mol. The number of nitrogens with zero attached hydrogens (tertiary/aromatic N) is 1. The lowest BCUT2D eigenvalue weighted by Gasteiger charge is -2.18. The van der Waals surface area contributed by atoms with Crippen LogP contribution in [0.3, 0.4) is 0 Å². The number of hydrogen-bond acceptors (Lipinski definition) is 5. The van der Waals surface area contributed by atoms with E-state index in [0.717, 1.165) is 31.2 Å². The number of carbonyl (C=O) groups is 2. The van der Waals surface area contributed by atoms with Crippen LogP contribution in [0.2, 0.25) is 0 Å². The minimum atomic E-state index is -3.10. The largest absolute Gasteiger partial charge is 0.492 e. The third-order valence-electron chi connectivity index (χ3n) is 5.71. The van der Waals surface area contributed by atoms with Gasteiger partial charge >= 0.3 is 0 Å². The van der Waals surface area contributed by atoms with Crippen molar-refractivity contribution >= 4 is 33.0 Å². The van der Waals surface area contributed by atoms with Gasteiger partial charge in [0.25, 0.3) is 0 Å². The van der Waals surface area contributed by atoms with Crippen molar-refractivity contribution in [1.29, 1.82) is 0 Å². The van der Waals surface area contributed by atoms with Gasteiger partial charge in [0.1, 0.15) is 12.4 Å². The molecule has 0 saturated carbocycles. The molecule has 1 aliphatic carbocycles. The van der Waals surface area contributed by atoms with E-state index in [9.17, 15) is 18.0 Å². The zero-order chi connectivity index (χ0) is 22.0. The van der Waals surface area contributed by atoms with Crippen LogP contribution in [0.15, 0.2) is 42.5 Å². The Morgan fingerprint density at radius 2 is 1.97 bits per heavy atom. The van der Waals surface area contributed by atoms with E-state index >= 15 is 0 Å². The number of amides is 2. The van der Waals surface area contributed by atoms with Crippen LogP contribution in [-0.2, 0) is 32.3 Å². The summed E-state index contributed by atoms with van der Waals surface area (Å²) in [6.45, 7) is 0.400. The standard InChI is InChI=1S/C23H26N2O5S/c1-31(28,29)11-10-30-21-7-3-6-19(14-21)24-23(27)18-13-22(26)25(15-18)20-9-8-16-4-2-5-17(16)12-20/h3,6-9,12,14,18H,2,4-5,10-11,13,15H2,1H3,(H,24,27). The molecule has 1 fully saturated rings. The summed E-state index contributed by atoms with van der Waals surface area (Å²) in [5.74, 6) is -0.299. The molecule has 0 bridgehead atoms. The Morgan fingerprint density at radius 3 is 2.77 bits per heavy atom. The molecule has 0 aromatic heterocycles. The average Bonchev–Trinajstić information content (AvgIpc) is 3.33. The Bertz CT molecular complexity index is 1110. The lowest BCUT2D eigenvalue weighted by molar-refractivity contribution is -0.122. The third kappa shape index (κ3) is 5.25. The molecule has 31 heavy (non-hydrogen) atoms. The number of ether oxygens (including phenoxy) is 1. The van der Waals surface area contributed by atoms with E-state index in [-0.39, 0.29) is 30.6 Å². The van der Waals surface area contributed by atoms with Crippen molar-refractivity contribution in [2.45, 2.75) is 25.7 Å². The van der Waals surface area contributed by atoms with E-state index in [2.05, 4.69) is 17.4 Å². The van der Waals surface area contributed by atoms with E-state index < -0.39 is 15.8 Å². The van der Waals surface area contributed by atoms with Gasteiger partial charge in [-0.2, -0.15) is 0 Å². The molecule has 1 heterocycles. The van der Waals surface area contributed by atoms with Crippen LogP contribution in [0, 0.1) is 5.92 Å². The first-order valence-electron chi connectivity index (χ1n) is 10.4. The summed E-state index contributed by atoms with van der Waals surface area (Å²) in [7, 11) is -3.10. The van der Waals surface area contributed by atoms with Crippen LogP contribution in [0.5, 0.6) is 5.75 Å². The molecule has 2 amide bonds. The minimum absolute atomic E-state index is 0.0447. The Morgan fingerprint density at radius 1 is 1.16 bits per heavy atom. The van der Waals surface area contributed by atoms with E-state index in [4.69, 9.17) is 4.74 Å². The lowest BCUT2D eigenvalue weighted by atomic mass is 10.1. The van der Waals surface area contributed by atoms with Gasteiger partial charge in [-0.05, 0) is 54.7 Å². The predicted molar refractivity (Wildman–Crippen MR) is 119 cm³/mol. The quantitative estimate of drug-likeness (QED) is 0.712. The van der Waals surface area contributed by atoms with Crippen LogP contribution in [0.25, 0.3) is 0 Å². The monoisotopic (exact) mass is 442 g/mol. The van der Waals surface area contributed by atoms with Crippen molar-refractivity contribution < 1.29 is 22.7 Å². The summed E-state index contributed by atoms with van der Waals surface area (Å²) >= 11 is 0. The molecule has 164 valence electrons. The van der Waals surface area contributed by atoms with Crippen LogP contribution in [0.4, 0.5) is 11.4 Å². The lowest BCUT2D eigenvalue weighted by Crippen LogP contribution is -2.28. The second-order valence-electron chi connectivity index (χ2n) is 8.21. The fourth-order valence-electron chi connectivity index (χ4n) is 4.08. The Labute approximate surface area is 182 Å². The summed E-state index contributed by atoms with van der Waals surface area (Å²) in [5.41, 5.74) is 4.06. The van der Waals surface area contributed by atoms with Crippen molar-refractivity contribution in [2.75, 3.05) is 35.4 Å². The van der Waals surface area contributed by atoms with E-state index in [0.29, 0.717) is 18.0 Å². The molecule has 1 aliphatic heterocycles. The fraction of sp³-hybridized carbons (Fsp3) is 0.391. The molecule has 1 unspecified atom stereocenters. The van der Waals surface area contributed by atoms with Crippen LogP contribution >= 0.6 is 0 Å². The molecular weight excluding hydrogens is 416 g/mol. The van der Waals surface area contributed by atoms with Gasteiger partial charge in [-0.15, -0.1) is 0 Å². The number of aryl methyl sites for hydroxylation is 2. The van der Waals surface area contributed by atoms with Gasteiger partial charge in [0, 0.05) is 36.7 Å². The number of nitrogens with one attached hydrogen (secondary N) is 1. The second kappa shape index (κ2) is 8.70. The number of carbonyl (C=O) groups excluding carboxylic acids is 2. The predicted octanol–water partition coefficient (Wildman–Crippen LogP) is 2.59. The maximum atomic E-state index is 12.8. The maximum Gasteiger partial charge on any atom is 0.229 e. The Balaban J connectivity index is 1.37. The zero-order valence-electron chi connectivity index (χ0n) is 17.5. The SMILES string of the molecule is CS(=O)(=O)CCOc1cccc(NC(=O)C2CC(=O)N(c3ccc4c(c3)CCC4)C2)c1. The van der Waals surface area contributed by atoms with Gasteiger partial charge in [0.2, 0.25) is 11.8 Å². The van der Waals surface area contributed by atoms with Crippen molar-refractivity contribution in [3.63, 3.8) is 0 Å². The van der Waals surface area contributed by atoms with Crippen molar-refractivity contribution in [3.8, 4) is 5.75 Å². The molecule has 1 atom stereocenters. The molecule has 0 spiro atoms. The second-order valence-corrected chi connectivity index (χ2v) is 10.5. The molecule has 2 aliphatic rings. The summed E-state index contributed by atoms with van der Waals surface area (Å²) in [6, 6.07) is 12.9. The first-order valence-corrected chi connectivity index (χ1v) is 12.5. The summed E-state index contributed by atoms with van der Waals surface area (Å²) < 4.78 is 27.9. The van der Waals surface area contributed by atoms with Gasteiger partial charge in [-0.1, -0.05) is 12.1 Å². The van der Waals surface area contributed by atoms with Gasteiger partial charge in [0.15, 0.2) is 9.84 Å². The number of benzene rings is 2. The number of anilines is 2. The molecule has 8 heteroatoms. The topological polar surface area (TPSA) is 92.8 Å². The van der Waals surface area contributed by atoms with Gasteiger partial charge < -0.3 is 15.0 Å². The highest BCUT2D eigenvalue weighted by Gasteiger charge is 2.35. The van der Waals surface area contributed by atoms with Crippen molar-refractivity contribution in [2.24, 2.45) is 5.92 Å². The Kier molecular flexibility index (Phi) is 6.00. The summed E-state index contributed by atoms with van der Waals surface area (Å²) in [5, 5.41) is 2.85. The van der Waals surface area contributed by atoms with Crippen LogP contribution in [0.1, 0.15) is 24.0 Å². The van der Waals surface area contributed by atoms with Crippen LogP contribution < -0.4 is 15.0 Å². The van der Waals surface area contributed by atoms with Crippen molar-refractivity contribution in [3.05, 3.63) is 53.6 Å². The number of rotatable bonds is 7. The van der Waals surface area contributed by atoms with E-state index in [1.807, 2.05) is 6.07 Å². The van der Waals surface area contributed by atoms with E-state index in [1.165, 1.54) is 11.1 Å². The highest BCUT2D eigenvalue weighted by atomic mass is 32.2. The molecule has 4 rings (SSSR count). The summed E-state index contributed by atoms with van der Waals surface area (Å²) in [4.78, 5) is 27.0. The highest BCUT2D eigenvalue weighted by Crippen LogP contribution is 2.31.